The molecule has 0 aliphatic carbocycles. The highest BCUT2D eigenvalue weighted by atomic mass is 15.3. The Morgan fingerprint density at radius 1 is 0.500 bits per heavy atom. The quantitative estimate of drug-likeness (QED) is 0.695. The summed E-state index contributed by atoms with van der Waals surface area (Å²) in [4.78, 5) is 5.01. The highest BCUT2D eigenvalue weighted by Crippen LogP contribution is 2.28. The van der Waals surface area contributed by atoms with Crippen molar-refractivity contribution in [3.05, 3.63) is 59.7 Å². The van der Waals surface area contributed by atoms with Crippen molar-refractivity contribution >= 4 is 11.4 Å². The topological polar surface area (TPSA) is 6.48 Å². The summed E-state index contributed by atoms with van der Waals surface area (Å²) < 4.78 is 0. The smallest absolute Gasteiger partial charge is 0.0367 e. The zero-order valence-corrected chi connectivity index (χ0v) is 17.3. The van der Waals surface area contributed by atoms with Gasteiger partial charge in [0.05, 0.1) is 0 Å². The van der Waals surface area contributed by atoms with E-state index >= 15 is 0 Å². The van der Waals surface area contributed by atoms with E-state index in [0.29, 0.717) is 0 Å². The van der Waals surface area contributed by atoms with Gasteiger partial charge < -0.3 is 9.80 Å². The van der Waals surface area contributed by atoms with Gasteiger partial charge in [-0.05, 0) is 46.2 Å². The van der Waals surface area contributed by atoms with Crippen molar-refractivity contribution in [2.24, 2.45) is 0 Å². The van der Waals surface area contributed by atoms with Crippen LogP contribution in [0.15, 0.2) is 48.5 Å². The third-order valence-electron chi connectivity index (χ3n) is 5.48. The van der Waals surface area contributed by atoms with Gasteiger partial charge in [-0.15, -0.1) is 0 Å². The van der Waals surface area contributed by atoms with Gasteiger partial charge in [0, 0.05) is 37.6 Å². The molecule has 140 valence electrons. The molecule has 2 aromatic carbocycles. The van der Waals surface area contributed by atoms with E-state index in [4.69, 9.17) is 0 Å². The summed E-state index contributed by atoms with van der Waals surface area (Å²) in [6.07, 6.45) is 0. The summed E-state index contributed by atoms with van der Waals surface area (Å²) in [5.74, 6) is 0. The maximum atomic E-state index is 2.51. The largest absolute Gasteiger partial charge is 0.368 e. The molecule has 2 heteroatoms. The predicted molar refractivity (Wildman–Crippen MR) is 115 cm³/mol. The number of hydrogen-bond acceptors (Lipinski definition) is 2. The number of nitrogens with zero attached hydrogens (tertiary/aromatic N) is 2. The second-order valence-electron chi connectivity index (χ2n) is 9.57. The van der Waals surface area contributed by atoms with Gasteiger partial charge in [0.1, 0.15) is 0 Å². The molecular weight excluding hydrogens is 316 g/mol. The lowest BCUT2D eigenvalue weighted by atomic mass is 9.87. The highest BCUT2D eigenvalue weighted by molar-refractivity contribution is 5.53. The number of piperazine rings is 1. The fourth-order valence-corrected chi connectivity index (χ4v) is 3.57. The molecule has 3 rings (SSSR count). The molecule has 0 atom stereocenters. The van der Waals surface area contributed by atoms with E-state index in [9.17, 15) is 0 Å². The molecule has 1 saturated heterocycles. The van der Waals surface area contributed by atoms with Gasteiger partial charge >= 0.3 is 0 Å². The maximum absolute atomic E-state index is 2.51. The Morgan fingerprint density at radius 3 is 1.00 bits per heavy atom. The first-order chi connectivity index (χ1) is 12.1. The fourth-order valence-electron chi connectivity index (χ4n) is 3.57. The Hall–Kier alpha value is -1.96. The molecule has 1 heterocycles. The molecule has 2 nitrogen and oxygen atoms in total. The van der Waals surface area contributed by atoms with Crippen LogP contribution in [0, 0.1) is 0 Å². The van der Waals surface area contributed by atoms with Gasteiger partial charge in [-0.25, -0.2) is 0 Å². The first kappa shape index (κ1) is 18.8. The van der Waals surface area contributed by atoms with Crippen LogP contribution >= 0.6 is 0 Å². The van der Waals surface area contributed by atoms with Crippen LogP contribution in [0.25, 0.3) is 0 Å². The number of rotatable bonds is 2. The molecule has 0 bridgehead atoms. The van der Waals surface area contributed by atoms with Crippen molar-refractivity contribution < 1.29 is 0 Å². The van der Waals surface area contributed by atoms with E-state index in [2.05, 4.69) is 99.9 Å². The lowest BCUT2D eigenvalue weighted by molar-refractivity contribution is 0.589. The number of benzene rings is 2. The normalized spacial score (nSPS) is 16.1. The molecule has 1 aliphatic heterocycles. The Balaban J connectivity index is 1.62. The van der Waals surface area contributed by atoms with Crippen LogP contribution in [0.5, 0.6) is 0 Å². The van der Waals surface area contributed by atoms with Gasteiger partial charge in [0.25, 0.3) is 0 Å². The fraction of sp³-hybridized carbons (Fsp3) is 0.500. The van der Waals surface area contributed by atoms with E-state index in [1.54, 1.807) is 0 Å². The summed E-state index contributed by atoms with van der Waals surface area (Å²) >= 11 is 0. The van der Waals surface area contributed by atoms with Gasteiger partial charge in [-0.1, -0.05) is 65.8 Å². The van der Waals surface area contributed by atoms with E-state index in [1.807, 2.05) is 0 Å². The maximum Gasteiger partial charge on any atom is 0.0367 e. The Morgan fingerprint density at radius 2 is 0.769 bits per heavy atom. The first-order valence-electron chi connectivity index (χ1n) is 9.85. The van der Waals surface area contributed by atoms with E-state index in [-0.39, 0.29) is 10.8 Å². The standard InChI is InChI=1S/C24H34N2/c1-23(2,3)19-7-11-21(12-8-19)25-15-17-26(18-16-25)22-13-9-20(10-14-22)24(4,5)6/h7-14H,15-18H2,1-6H3. The van der Waals surface area contributed by atoms with Crippen LogP contribution in [-0.4, -0.2) is 26.2 Å². The van der Waals surface area contributed by atoms with Gasteiger partial charge in [-0.3, -0.25) is 0 Å². The van der Waals surface area contributed by atoms with Gasteiger partial charge in [-0.2, -0.15) is 0 Å². The van der Waals surface area contributed by atoms with E-state index < -0.39 is 0 Å². The van der Waals surface area contributed by atoms with Crippen LogP contribution in [-0.2, 0) is 10.8 Å². The molecule has 0 aromatic heterocycles. The molecular formula is C24H34N2. The van der Waals surface area contributed by atoms with Crippen molar-refractivity contribution in [1.29, 1.82) is 0 Å². The van der Waals surface area contributed by atoms with Crippen molar-refractivity contribution in [2.45, 2.75) is 52.4 Å². The summed E-state index contributed by atoms with van der Waals surface area (Å²) in [5, 5.41) is 0. The van der Waals surface area contributed by atoms with Crippen LogP contribution in [0.3, 0.4) is 0 Å². The molecule has 1 fully saturated rings. The molecule has 26 heavy (non-hydrogen) atoms. The van der Waals surface area contributed by atoms with Gasteiger partial charge in [0.15, 0.2) is 0 Å². The van der Waals surface area contributed by atoms with Crippen LogP contribution in [0.4, 0.5) is 11.4 Å². The average molecular weight is 351 g/mol. The number of anilines is 2. The summed E-state index contributed by atoms with van der Waals surface area (Å²) in [7, 11) is 0. The minimum absolute atomic E-state index is 0.219. The molecule has 2 aromatic rings. The van der Waals surface area contributed by atoms with Crippen LogP contribution in [0.1, 0.15) is 52.7 Å². The second-order valence-corrected chi connectivity index (χ2v) is 9.57. The molecule has 0 radical (unpaired) electrons. The molecule has 0 amide bonds. The predicted octanol–water partition coefficient (Wildman–Crippen LogP) is 5.61. The third kappa shape index (κ3) is 4.23. The molecule has 0 spiro atoms. The third-order valence-corrected chi connectivity index (χ3v) is 5.48. The van der Waals surface area contributed by atoms with Crippen molar-refractivity contribution in [2.75, 3.05) is 36.0 Å². The van der Waals surface area contributed by atoms with Gasteiger partial charge in [0.2, 0.25) is 0 Å². The molecule has 1 aliphatic rings. The molecule has 0 N–H and O–H groups in total. The minimum atomic E-state index is 0.219. The molecule has 0 unspecified atom stereocenters. The van der Waals surface area contributed by atoms with Crippen LogP contribution in [0.2, 0.25) is 0 Å². The zero-order valence-electron chi connectivity index (χ0n) is 17.3. The minimum Gasteiger partial charge on any atom is -0.368 e. The Labute approximate surface area is 159 Å². The SMILES string of the molecule is CC(C)(C)c1ccc(N2CCN(c3ccc(C(C)(C)C)cc3)CC2)cc1. The van der Waals surface area contributed by atoms with Crippen molar-refractivity contribution in [3.8, 4) is 0 Å². The van der Waals surface area contributed by atoms with E-state index in [0.717, 1.165) is 26.2 Å². The summed E-state index contributed by atoms with van der Waals surface area (Å²) in [6, 6.07) is 18.3. The molecule has 0 saturated carbocycles. The van der Waals surface area contributed by atoms with E-state index in [1.165, 1.54) is 22.5 Å². The zero-order chi connectivity index (χ0) is 18.9. The highest BCUT2D eigenvalue weighted by Gasteiger charge is 2.20. The van der Waals surface area contributed by atoms with Crippen molar-refractivity contribution in [3.63, 3.8) is 0 Å². The summed E-state index contributed by atoms with van der Waals surface area (Å²) in [6.45, 7) is 17.9. The monoisotopic (exact) mass is 350 g/mol. The first-order valence-corrected chi connectivity index (χ1v) is 9.85. The van der Waals surface area contributed by atoms with Crippen LogP contribution < -0.4 is 9.80 Å². The number of hydrogen-bond donors (Lipinski definition) is 0. The average Bonchev–Trinajstić information content (AvgIpc) is 2.61. The Bertz CT molecular complexity index is 641. The summed E-state index contributed by atoms with van der Waals surface area (Å²) in [5.41, 5.74) is 5.94. The van der Waals surface area contributed by atoms with Crippen molar-refractivity contribution in [1.82, 2.24) is 0 Å². The Kier molecular flexibility index (Phi) is 5.05. The lowest BCUT2D eigenvalue weighted by Gasteiger charge is -2.37. The second kappa shape index (κ2) is 6.98. The lowest BCUT2D eigenvalue weighted by Crippen LogP contribution is -2.46.